The summed E-state index contributed by atoms with van der Waals surface area (Å²) in [7, 11) is 0. The third kappa shape index (κ3) is 4.37. The lowest BCUT2D eigenvalue weighted by Gasteiger charge is -2.40. The Hall–Kier alpha value is -3.39. The molecular weight excluding hydrogens is 436 g/mol. The van der Waals surface area contributed by atoms with Crippen LogP contribution in [0.5, 0.6) is 0 Å². The zero-order valence-corrected chi connectivity index (χ0v) is 18.8. The highest BCUT2D eigenvalue weighted by atomic mass is 16.5. The van der Waals surface area contributed by atoms with Crippen molar-refractivity contribution in [1.82, 2.24) is 10.2 Å². The standard InChI is InChI=1S/C26H28N2O6/c29-24(30)15-33-16-12-28(13-16)25(31)21-10-5-11-23(21)27-26(32)34-14-22-19-8-3-1-6-17(19)18-7-2-4-9-20(18)22/h1-4,6-9,16,21-23H,5,10-15H2,(H,27,32)(H,29,30)/t21-,23+/m0/s1. The SMILES string of the molecule is O=C(O)COC1CN(C(=O)[C@H]2CCC[C@H]2NC(=O)OCC2c3ccccc3-c3ccccc32)C1. The van der Waals surface area contributed by atoms with E-state index >= 15 is 0 Å². The first-order chi connectivity index (χ1) is 16.5. The minimum atomic E-state index is -1.02. The van der Waals surface area contributed by atoms with Crippen LogP contribution in [0.2, 0.25) is 0 Å². The number of nitrogens with one attached hydrogen (secondary N) is 1. The summed E-state index contributed by atoms with van der Waals surface area (Å²) < 4.78 is 10.9. The van der Waals surface area contributed by atoms with Crippen molar-refractivity contribution >= 4 is 18.0 Å². The highest BCUT2D eigenvalue weighted by molar-refractivity contribution is 5.82. The van der Waals surface area contributed by atoms with Gasteiger partial charge in [-0.15, -0.1) is 0 Å². The Kier molecular flexibility index (Phi) is 6.24. The van der Waals surface area contributed by atoms with E-state index in [1.807, 2.05) is 24.3 Å². The molecule has 2 aromatic rings. The molecule has 0 aromatic heterocycles. The maximum atomic E-state index is 12.9. The van der Waals surface area contributed by atoms with Crippen LogP contribution in [0.25, 0.3) is 11.1 Å². The molecule has 5 rings (SSSR count). The Labute approximate surface area is 197 Å². The first-order valence-electron chi connectivity index (χ1n) is 11.7. The van der Waals surface area contributed by atoms with Gasteiger partial charge in [-0.2, -0.15) is 0 Å². The average molecular weight is 465 g/mol. The van der Waals surface area contributed by atoms with Crippen molar-refractivity contribution in [3.63, 3.8) is 0 Å². The van der Waals surface area contributed by atoms with Crippen molar-refractivity contribution in [2.45, 2.75) is 37.3 Å². The number of nitrogens with zero attached hydrogens (tertiary/aromatic N) is 1. The van der Waals surface area contributed by atoms with Gasteiger partial charge in [0.2, 0.25) is 5.91 Å². The summed E-state index contributed by atoms with van der Waals surface area (Å²) >= 11 is 0. The molecule has 1 saturated heterocycles. The van der Waals surface area contributed by atoms with E-state index in [0.717, 1.165) is 24.0 Å². The third-order valence-electron chi connectivity index (χ3n) is 7.08. The van der Waals surface area contributed by atoms with E-state index in [9.17, 15) is 14.4 Å². The quantitative estimate of drug-likeness (QED) is 0.653. The van der Waals surface area contributed by atoms with Crippen molar-refractivity contribution in [2.24, 2.45) is 5.92 Å². The summed E-state index contributed by atoms with van der Waals surface area (Å²) in [6.07, 6.45) is 1.56. The highest BCUT2D eigenvalue weighted by Crippen LogP contribution is 2.44. The average Bonchev–Trinajstić information content (AvgIpc) is 3.39. The summed E-state index contributed by atoms with van der Waals surface area (Å²) in [5.41, 5.74) is 4.66. The molecule has 2 atom stereocenters. The van der Waals surface area contributed by atoms with Gasteiger partial charge < -0.3 is 24.8 Å². The normalized spacial score (nSPS) is 21.5. The topological polar surface area (TPSA) is 105 Å². The molecule has 2 N–H and O–H groups in total. The van der Waals surface area contributed by atoms with E-state index in [0.29, 0.717) is 19.5 Å². The number of rotatable bonds is 7. The molecule has 1 heterocycles. The molecule has 3 aliphatic rings. The fourth-order valence-corrected chi connectivity index (χ4v) is 5.37. The summed E-state index contributed by atoms with van der Waals surface area (Å²) in [5, 5.41) is 11.6. The van der Waals surface area contributed by atoms with Crippen molar-refractivity contribution in [1.29, 1.82) is 0 Å². The van der Waals surface area contributed by atoms with Gasteiger partial charge in [-0.25, -0.2) is 9.59 Å². The van der Waals surface area contributed by atoms with Crippen molar-refractivity contribution in [3.8, 4) is 11.1 Å². The fraction of sp³-hybridized carbons (Fsp3) is 0.423. The van der Waals surface area contributed by atoms with Crippen LogP contribution in [0.15, 0.2) is 48.5 Å². The van der Waals surface area contributed by atoms with E-state index < -0.39 is 12.1 Å². The highest BCUT2D eigenvalue weighted by Gasteiger charge is 2.41. The lowest BCUT2D eigenvalue weighted by Crippen LogP contribution is -2.58. The number of alkyl carbamates (subject to hydrolysis) is 1. The van der Waals surface area contributed by atoms with Gasteiger partial charge in [-0.1, -0.05) is 55.0 Å². The second-order valence-corrected chi connectivity index (χ2v) is 9.18. The smallest absolute Gasteiger partial charge is 0.407 e. The molecule has 2 fully saturated rings. The van der Waals surface area contributed by atoms with Crippen LogP contribution in [0.3, 0.4) is 0 Å². The number of aliphatic carboxylic acids is 1. The fourth-order valence-electron chi connectivity index (χ4n) is 5.37. The van der Waals surface area contributed by atoms with Crippen LogP contribution in [0.4, 0.5) is 4.79 Å². The summed E-state index contributed by atoms with van der Waals surface area (Å²) in [6.45, 7) is 0.655. The number of carbonyl (C=O) groups excluding carboxylic acids is 2. The number of ether oxygens (including phenoxy) is 2. The summed E-state index contributed by atoms with van der Waals surface area (Å²) in [6, 6.07) is 16.1. The molecule has 178 valence electrons. The van der Waals surface area contributed by atoms with Crippen LogP contribution < -0.4 is 5.32 Å². The summed E-state index contributed by atoms with van der Waals surface area (Å²) in [4.78, 5) is 37.9. The monoisotopic (exact) mass is 464 g/mol. The number of hydrogen-bond acceptors (Lipinski definition) is 5. The Morgan fingerprint density at radius 2 is 1.62 bits per heavy atom. The number of carboxylic acid groups (broad SMARTS) is 1. The number of carbonyl (C=O) groups is 3. The van der Waals surface area contributed by atoms with Crippen LogP contribution in [-0.4, -0.2) is 66.4 Å². The van der Waals surface area contributed by atoms with Crippen LogP contribution in [0, 0.1) is 5.92 Å². The second kappa shape index (κ2) is 9.46. The molecule has 34 heavy (non-hydrogen) atoms. The van der Waals surface area contributed by atoms with Gasteiger partial charge in [-0.3, -0.25) is 4.79 Å². The van der Waals surface area contributed by atoms with Crippen molar-refractivity contribution in [2.75, 3.05) is 26.3 Å². The Morgan fingerprint density at radius 1 is 0.971 bits per heavy atom. The number of carboxylic acids is 1. The first-order valence-corrected chi connectivity index (χ1v) is 11.7. The van der Waals surface area contributed by atoms with E-state index in [1.165, 1.54) is 11.1 Å². The van der Waals surface area contributed by atoms with Crippen LogP contribution >= 0.6 is 0 Å². The lowest BCUT2D eigenvalue weighted by atomic mass is 9.98. The molecule has 2 aromatic carbocycles. The van der Waals surface area contributed by atoms with Crippen LogP contribution in [-0.2, 0) is 19.1 Å². The van der Waals surface area contributed by atoms with Crippen molar-refractivity contribution in [3.05, 3.63) is 59.7 Å². The van der Waals surface area contributed by atoms with Gasteiger partial charge in [0, 0.05) is 25.0 Å². The summed E-state index contributed by atoms with van der Waals surface area (Å²) in [5.74, 6) is -1.34. The first kappa shape index (κ1) is 22.4. The van der Waals surface area contributed by atoms with Gasteiger partial charge >= 0.3 is 12.1 Å². The minimum Gasteiger partial charge on any atom is -0.480 e. The zero-order chi connectivity index (χ0) is 23.7. The molecule has 0 unspecified atom stereocenters. The van der Waals surface area contributed by atoms with E-state index in [1.54, 1.807) is 4.90 Å². The van der Waals surface area contributed by atoms with Gasteiger partial charge in [0.1, 0.15) is 13.2 Å². The Morgan fingerprint density at radius 3 is 2.26 bits per heavy atom. The maximum Gasteiger partial charge on any atom is 0.407 e. The number of fused-ring (bicyclic) bond motifs is 3. The number of amides is 2. The number of benzene rings is 2. The molecule has 0 bridgehead atoms. The van der Waals surface area contributed by atoms with Gasteiger partial charge in [0.05, 0.1) is 12.0 Å². The minimum absolute atomic E-state index is 0.0111. The van der Waals surface area contributed by atoms with Crippen LogP contribution in [0.1, 0.15) is 36.3 Å². The molecule has 1 saturated carbocycles. The number of likely N-dealkylation sites (tertiary alicyclic amines) is 1. The Balaban J connectivity index is 1.15. The largest absolute Gasteiger partial charge is 0.480 e. The Bertz CT molecular complexity index is 1050. The molecule has 0 radical (unpaired) electrons. The van der Waals surface area contributed by atoms with E-state index in [4.69, 9.17) is 14.6 Å². The zero-order valence-electron chi connectivity index (χ0n) is 18.8. The molecule has 2 aliphatic carbocycles. The van der Waals surface area contributed by atoms with E-state index in [-0.39, 0.29) is 43.1 Å². The predicted octanol–water partition coefficient (Wildman–Crippen LogP) is 3.01. The molecule has 8 nitrogen and oxygen atoms in total. The third-order valence-corrected chi connectivity index (χ3v) is 7.08. The van der Waals surface area contributed by atoms with E-state index in [2.05, 4.69) is 29.6 Å². The van der Waals surface area contributed by atoms with Gasteiger partial charge in [0.15, 0.2) is 0 Å². The van der Waals surface area contributed by atoms with Gasteiger partial charge in [-0.05, 0) is 35.1 Å². The van der Waals surface area contributed by atoms with Crippen molar-refractivity contribution < 1.29 is 29.0 Å². The molecule has 2 amide bonds. The molecule has 1 aliphatic heterocycles. The predicted molar refractivity (Wildman–Crippen MR) is 123 cm³/mol. The lowest BCUT2D eigenvalue weighted by molar-refractivity contribution is -0.156. The second-order valence-electron chi connectivity index (χ2n) is 9.18. The molecule has 8 heteroatoms. The molecule has 0 spiro atoms. The van der Waals surface area contributed by atoms with Gasteiger partial charge in [0.25, 0.3) is 0 Å². The number of hydrogen-bond donors (Lipinski definition) is 2. The maximum absolute atomic E-state index is 12.9. The molecular formula is C26H28N2O6.